The second-order valence-electron chi connectivity index (χ2n) is 3.80. The van der Waals surface area contributed by atoms with E-state index in [9.17, 15) is 13.2 Å². The molecule has 0 bridgehead atoms. The van der Waals surface area contributed by atoms with Gasteiger partial charge >= 0.3 is 5.97 Å². The zero-order valence-corrected chi connectivity index (χ0v) is 13.1. The van der Waals surface area contributed by atoms with Crippen molar-refractivity contribution in [1.82, 2.24) is 0 Å². The van der Waals surface area contributed by atoms with E-state index in [1.807, 2.05) is 0 Å². The molecular formula is C12H18N2O4S2. The molecule has 0 unspecified atom stereocenters. The molecule has 1 heterocycles. The molecule has 0 saturated heterocycles. The van der Waals surface area contributed by atoms with Crippen LogP contribution in [0.1, 0.15) is 23.5 Å². The molecule has 0 saturated carbocycles. The van der Waals surface area contributed by atoms with Gasteiger partial charge in [0.25, 0.3) is 0 Å². The molecule has 3 N–H and O–H groups in total. The van der Waals surface area contributed by atoms with Gasteiger partial charge in [0.15, 0.2) is 9.84 Å². The van der Waals surface area contributed by atoms with Crippen molar-refractivity contribution < 1.29 is 17.9 Å². The van der Waals surface area contributed by atoms with Gasteiger partial charge in [-0.05, 0) is 6.92 Å². The number of nitrogen functional groups attached to an aromatic ring is 1. The maximum atomic E-state index is 12.1. The van der Waals surface area contributed by atoms with Crippen LogP contribution in [0.3, 0.4) is 0 Å². The van der Waals surface area contributed by atoms with Crippen LogP contribution in [0.5, 0.6) is 0 Å². The molecule has 0 radical (unpaired) electrons. The van der Waals surface area contributed by atoms with Crippen LogP contribution in [-0.2, 0) is 14.6 Å². The van der Waals surface area contributed by atoms with Gasteiger partial charge in [0.2, 0.25) is 0 Å². The maximum Gasteiger partial charge on any atom is 0.350 e. The molecule has 20 heavy (non-hydrogen) atoms. The Balaban J connectivity index is 3.39. The van der Waals surface area contributed by atoms with E-state index >= 15 is 0 Å². The average molecular weight is 318 g/mol. The Kier molecular flexibility index (Phi) is 5.58. The fraction of sp³-hybridized carbons (Fsp3) is 0.417. The predicted molar refractivity (Wildman–Crippen MR) is 81.1 cm³/mol. The van der Waals surface area contributed by atoms with Crippen molar-refractivity contribution >= 4 is 37.8 Å². The van der Waals surface area contributed by atoms with Crippen LogP contribution in [0.2, 0.25) is 0 Å². The summed E-state index contributed by atoms with van der Waals surface area (Å²) in [5, 5.41) is 3.24. The van der Waals surface area contributed by atoms with Gasteiger partial charge in [-0.15, -0.1) is 17.9 Å². The summed E-state index contributed by atoms with van der Waals surface area (Å²) in [6.45, 7) is 7.31. The monoisotopic (exact) mass is 318 g/mol. The molecule has 8 heteroatoms. The van der Waals surface area contributed by atoms with Crippen molar-refractivity contribution in [3.63, 3.8) is 0 Å². The van der Waals surface area contributed by atoms with Gasteiger partial charge in [-0.25, -0.2) is 13.2 Å². The number of esters is 1. The van der Waals surface area contributed by atoms with Gasteiger partial charge in [-0.3, -0.25) is 0 Å². The number of rotatable bonds is 7. The first-order valence-electron chi connectivity index (χ1n) is 6.05. The van der Waals surface area contributed by atoms with Crippen molar-refractivity contribution in [2.24, 2.45) is 0 Å². The lowest BCUT2D eigenvalue weighted by atomic mass is 10.4. The Hall–Kier alpha value is -1.54. The Morgan fingerprint density at radius 3 is 2.65 bits per heavy atom. The molecule has 0 fully saturated rings. The summed E-state index contributed by atoms with van der Waals surface area (Å²) in [5.41, 5.74) is 5.78. The second-order valence-corrected chi connectivity index (χ2v) is 7.03. The Bertz CT molecular complexity index is 605. The van der Waals surface area contributed by atoms with Crippen LogP contribution in [-0.4, -0.2) is 33.3 Å². The molecule has 0 aliphatic rings. The van der Waals surface area contributed by atoms with Gasteiger partial charge in [0.05, 0.1) is 18.0 Å². The molecule has 0 aromatic carbocycles. The van der Waals surface area contributed by atoms with Gasteiger partial charge in [0, 0.05) is 6.54 Å². The number of ether oxygens (including phenoxy) is 1. The standard InChI is InChI=1S/C12H18N2O4S2/c1-4-7-14-11-10(20(16,17)6-3)8(13)9(19-11)12(15)18-5-2/h4,14H,1,5-7,13H2,2-3H3. The highest BCUT2D eigenvalue weighted by atomic mass is 32.2. The molecule has 112 valence electrons. The summed E-state index contributed by atoms with van der Waals surface area (Å²) in [7, 11) is -3.54. The lowest BCUT2D eigenvalue weighted by Gasteiger charge is -2.06. The number of nitrogens with one attached hydrogen (secondary N) is 1. The Morgan fingerprint density at radius 2 is 2.15 bits per heavy atom. The Morgan fingerprint density at radius 1 is 1.50 bits per heavy atom. The number of nitrogens with two attached hydrogens (primary N) is 1. The lowest BCUT2D eigenvalue weighted by molar-refractivity contribution is 0.0533. The Labute approximate surface area is 122 Å². The van der Waals surface area contributed by atoms with E-state index in [0.29, 0.717) is 11.5 Å². The van der Waals surface area contributed by atoms with E-state index in [4.69, 9.17) is 10.5 Å². The molecule has 0 aliphatic heterocycles. The summed E-state index contributed by atoms with van der Waals surface area (Å²) in [6, 6.07) is 0. The zero-order chi connectivity index (χ0) is 15.3. The summed E-state index contributed by atoms with van der Waals surface area (Å²) in [6.07, 6.45) is 1.59. The quantitative estimate of drug-likeness (QED) is 0.588. The van der Waals surface area contributed by atoms with Crippen molar-refractivity contribution in [3.05, 3.63) is 17.5 Å². The first-order chi connectivity index (χ1) is 9.38. The SMILES string of the molecule is C=CCNc1sc(C(=O)OCC)c(N)c1S(=O)(=O)CC. The normalized spacial score (nSPS) is 11.1. The third kappa shape index (κ3) is 3.31. The van der Waals surface area contributed by atoms with Gasteiger partial charge in [-0.2, -0.15) is 0 Å². The molecule has 0 aliphatic carbocycles. The molecule has 1 aromatic rings. The maximum absolute atomic E-state index is 12.1. The second kappa shape index (κ2) is 6.76. The van der Waals surface area contributed by atoms with Gasteiger partial charge < -0.3 is 15.8 Å². The summed E-state index contributed by atoms with van der Waals surface area (Å²) in [5.74, 6) is -0.715. The molecular weight excluding hydrogens is 300 g/mol. The first-order valence-corrected chi connectivity index (χ1v) is 8.52. The summed E-state index contributed by atoms with van der Waals surface area (Å²) < 4.78 is 29.1. The van der Waals surface area contributed by atoms with E-state index in [1.165, 1.54) is 6.92 Å². The fourth-order valence-electron chi connectivity index (χ4n) is 1.51. The lowest BCUT2D eigenvalue weighted by Crippen LogP contribution is -2.10. The van der Waals surface area contributed by atoms with Crippen LogP contribution in [0.15, 0.2) is 17.6 Å². The van der Waals surface area contributed by atoms with Crippen LogP contribution in [0.4, 0.5) is 10.7 Å². The summed E-state index contributed by atoms with van der Waals surface area (Å²) >= 11 is 0.979. The average Bonchev–Trinajstić information content (AvgIpc) is 2.74. The van der Waals surface area contributed by atoms with Crippen LogP contribution in [0.25, 0.3) is 0 Å². The highest BCUT2D eigenvalue weighted by Gasteiger charge is 2.29. The highest BCUT2D eigenvalue weighted by Crippen LogP contribution is 2.40. The van der Waals surface area contributed by atoms with Crippen molar-refractivity contribution in [3.8, 4) is 0 Å². The number of hydrogen-bond donors (Lipinski definition) is 2. The predicted octanol–water partition coefficient (Wildman–Crippen LogP) is 1.90. The van der Waals surface area contributed by atoms with Crippen molar-refractivity contribution in [1.29, 1.82) is 0 Å². The smallest absolute Gasteiger partial charge is 0.350 e. The molecule has 1 rings (SSSR count). The molecule has 0 atom stereocenters. The number of sulfone groups is 1. The largest absolute Gasteiger partial charge is 0.462 e. The molecule has 6 nitrogen and oxygen atoms in total. The summed E-state index contributed by atoms with van der Waals surface area (Å²) in [4.78, 5) is 11.9. The third-order valence-electron chi connectivity index (χ3n) is 2.46. The molecule has 1 aromatic heterocycles. The van der Waals surface area contributed by atoms with Crippen LogP contribution < -0.4 is 11.1 Å². The number of thiophene rings is 1. The molecule has 0 spiro atoms. The zero-order valence-electron chi connectivity index (χ0n) is 11.4. The molecule has 0 amide bonds. The minimum absolute atomic E-state index is 0.0325. The van der Waals surface area contributed by atoms with E-state index in [2.05, 4.69) is 11.9 Å². The van der Waals surface area contributed by atoms with E-state index < -0.39 is 15.8 Å². The third-order valence-corrected chi connectivity index (χ3v) is 5.54. The minimum atomic E-state index is -3.54. The van der Waals surface area contributed by atoms with Crippen molar-refractivity contribution in [2.45, 2.75) is 18.7 Å². The topological polar surface area (TPSA) is 98.5 Å². The van der Waals surface area contributed by atoms with Crippen LogP contribution >= 0.6 is 11.3 Å². The van der Waals surface area contributed by atoms with Crippen molar-refractivity contribution in [2.75, 3.05) is 30.0 Å². The first kappa shape index (κ1) is 16.5. The highest BCUT2D eigenvalue weighted by molar-refractivity contribution is 7.91. The van der Waals surface area contributed by atoms with Gasteiger partial charge in [0.1, 0.15) is 14.8 Å². The number of anilines is 2. The van der Waals surface area contributed by atoms with E-state index in [-0.39, 0.29) is 27.8 Å². The van der Waals surface area contributed by atoms with E-state index in [1.54, 1.807) is 13.0 Å². The van der Waals surface area contributed by atoms with Crippen LogP contribution in [0, 0.1) is 0 Å². The van der Waals surface area contributed by atoms with Gasteiger partial charge in [-0.1, -0.05) is 13.0 Å². The number of hydrogen-bond acceptors (Lipinski definition) is 7. The fourth-order valence-corrected chi connectivity index (χ4v) is 4.08. The number of carbonyl (C=O) groups excluding carboxylic acids is 1. The minimum Gasteiger partial charge on any atom is -0.462 e. The van der Waals surface area contributed by atoms with E-state index in [0.717, 1.165) is 11.3 Å². The number of carbonyl (C=O) groups is 1.